The first-order valence-corrected chi connectivity index (χ1v) is 8.03. The highest BCUT2D eigenvalue weighted by Gasteiger charge is 2.28. The molecule has 1 N–H and O–H groups in total. The fourth-order valence-corrected chi connectivity index (χ4v) is 3.89. The van der Waals surface area contributed by atoms with Crippen LogP contribution in [-0.4, -0.2) is 18.1 Å². The standard InChI is InChI=1S/C16H13NO4S/c1-17-13-10-6-5-9-12(13)14(18)15(16(17)19)22(20,21)11-7-3-2-4-8-11/h2-10,18H,1H3. The van der Waals surface area contributed by atoms with Crippen molar-refractivity contribution in [1.29, 1.82) is 0 Å². The maximum absolute atomic E-state index is 12.7. The molecule has 0 atom stereocenters. The third-order valence-corrected chi connectivity index (χ3v) is 5.35. The van der Waals surface area contributed by atoms with Crippen LogP contribution in [0.1, 0.15) is 0 Å². The molecule has 0 saturated heterocycles. The largest absolute Gasteiger partial charge is 0.506 e. The number of hydrogen-bond donors (Lipinski definition) is 1. The Balaban J connectivity index is 2.45. The second kappa shape index (κ2) is 4.99. The van der Waals surface area contributed by atoms with Gasteiger partial charge in [0.25, 0.3) is 5.56 Å². The van der Waals surface area contributed by atoms with Crippen molar-refractivity contribution in [3.05, 3.63) is 65.0 Å². The number of nitrogens with zero attached hydrogens (tertiary/aromatic N) is 1. The summed E-state index contributed by atoms with van der Waals surface area (Å²) in [4.78, 5) is 11.8. The first-order chi connectivity index (χ1) is 10.4. The van der Waals surface area contributed by atoms with Gasteiger partial charge < -0.3 is 9.67 Å². The van der Waals surface area contributed by atoms with Gasteiger partial charge in [-0.05, 0) is 24.3 Å². The smallest absolute Gasteiger partial charge is 0.273 e. The highest BCUT2D eigenvalue weighted by molar-refractivity contribution is 7.91. The minimum atomic E-state index is -4.10. The van der Waals surface area contributed by atoms with E-state index < -0.39 is 26.0 Å². The molecule has 1 heterocycles. The molecule has 0 fully saturated rings. The lowest BCUT2D eigenvalue weighted by Gasteiger charge is -2.12. The first kappa shape index (κ1) is 14.3. The maximum Gasteiger partial charge on any atom is 0.273 e. The van der Waals surface area contributed by atoms with Crippen LogP contribution >= 0.6 is 0 Å². The zero-order valence-electron chi connectivity index (χ0n) is 11.7. The summed E-state index contributed by atoms with van der Waals surface area (Å²) in [5.74, 6) is -0.512. The lowest BCUT2D eigenvalue weighted by atomic mass is 10.2. The van der Waals surface area contributed by atoms with E-state index in [2.05, 4.69) is 0 Å². The zero-order chi connectivity index (χ0) is 15.9. The lowest BCUT2D eigenvalue weighted by molar-refractivity contribution is 0.461. The summed E-state index contributed by atoms with van der Waals surface area (Å²) in [5, 5.41) is 10.7. The van der Waals surface area contributed by atoms with E-state index in [4.69, 9.17) is 0 Å². The third-order valence-electron chi connectivity index (χ3n) is 3.56. The van der Waals surface area contributed by atoms with Crippen molar-refractivity contribution in [2.45, 2.75) is 9.79 Å². The molecule has 22 heavy (non-hydrogen) atoms. The molecule has 1 aromatic heterocycles. The molecule has 0 radical (unpaired) electrons. The van der Waals surface area contributed by atoms with Gasteiger partial charge in [-0.25, -0.2) is 8.42 Å². The number of pyridine rings is 1. The van der Waals surface area contributed by atoms with Crippen molar-refractivity contribution in [2.24, 2.45) is 7.05 Å². The van der Waals surface area contributed by atoms with Crippen molar-refractivity contribution in [2.75, 3.05) is 0 Å². The highest BCUT2D eigenvalue weighted by atomic mass is 32.2. The van der Waals surface area contributed by atoms with Gasteiger partial charge in [0, 0.05) is 12.4 Å². The van der Waals surface area contributed by atoms with Gasteiger partial charge in [-0.1, -0.05) is 30.3 Å². The second-order valence-corrected chi connectivity index (χ2v) is 6.76. The first-order valence-electron chi connectivity index (χ1n) is 6.55. The predicted molar refractivity (Wildman–Crippen MR) is 82.7 cm³/mol. The second-order valence-electron chi connectivity index (χ2n) is 4.88. The monoisotopic (exact) mass is 315 g/mol. The van der Waals surface area contributed by atoms with Gasteiger partial charge in [0.15, 0.2) is 4.90 Å². The van der Waals surface area contributed by atoms with E-state index in [1.807, 2.05) is 0 Å². The minimum Gasteiger partial charge on any atom is -0.506 e. The number of aryl methyl sites for hydroxylation is 1. The Bertz CT molecular complexity index is 1020. The van der Waals surface area contributed by atoms with Crippen LogP contribution in [-0.2, 0) is 16.9 Å². The Hall–Kier alpha value is -2.60. The Morgan fingerprint density at radius 2 is 1.55 bits per heavy atom. The summed E-state index contributed by atoms with van der Waals surface area (Å²) < 4.78 is 26.6. The lowest BCUT2D eigenvalue weighted by Crippen LogP contribution is -2.24. The number of hydrogen-bond acceptors (Lipinski definition) is 4. The molecule has 0 amide bonds. The third kappa shape index (κ3) is 2.00. The molecule has 3 rings (SSSR count). The molecular weight excluding hydrogens is 302 g/mol. The van der Waals surface area contributed by atoms with Crippen molar-refractivity contribution in [1.82, 2.24) is 4.57 Å². The topological polar surface area (TPSA) is 76.4 Å². The summed E-state index contributed by atoms with van der Waals surface area (Å²) in [7, 11) is -2.62. The molecule has 3 aromatic rings. The normalized spacial score (nSPS) is 11.7. The average molecular weight is 315 g/mol. The van der Waals surface area contributed by atoms with Gasteiger partial charge in [-0.2, -0.15) is 0 Å². The Labute approximate surface area is 127 Å². The molecule has 112 valence electrons. The Morgan fingerprint density at radius 3 is 2.23 bits per heavy atom. The molecule has 2 aromatic carbocycles. The highest BCUT2D eigenvalue weighted by Crippen LogP contribution is 2.31. The number of rotatable bonds is 2. The zero-order valence-corrected chi connectivity index (χ0v) is 12.5. The molecular formula is C16H13NO4S. The Morgan fingerprint density at radius 1 is 0.955 bits per heavy atom. The van der Waals surface area contributed by atoms with Gasteiger partial charge in [-0.15, -0.1) is 0 Å². The number of para-hydroxylation sites is 1. The minimum absolute atomic E-state index is 0.0299. The SMILES string of the molecule is Cn1c(=O)c(S(=O)(=O)c2ccccc2)c(O)c2ccccc21. The fourth-order valence-electron chi connectivity index (χ4n) is 2.41. The van der Waals surface area contributed by atoms with Crippen LogP contribution in [0.15, 0.2) is 69.2 Å². The van der Waals surface area contributed by atoms with Crippen LogP contribution in [0.4, 0.5) is 0 Å². The molecule has 0 spiro atoms. The van der Waals surface area contributed by atoms with Crippen LogP contribution < -0.4 is 5.56 Å². The van der Waals surface area contributed by atoms with E-state index in [0.29, 0.717) is 10.9 Å². The summed E-state index contributed by atoms with van der Waals surface area (Å²) in [6, 6.07) is 14.2. The molecule has 0 unspecified atom stereocenters. The van der Waals surface area contributed by atoms with Gasteiger partial charge in [0.05, 0.1) is 10.4 Å². The van der Waals surface area contributed by atoms with E-state index in [0.717, 1.165) is 0 Å². The Kier molecular flexibility index (Phi) is 3.26. The van der Waals surface area contributed by atoms with Crippen LogP contribution in [0, 0.1) is 0 Å². The molecule has 0 aliphatic carbocycles. The molecule has 0 aliphatic rings. The average Bonchev–Trinajstić information content (AvgIpc) is 2.53. The van der Waals surface area contributed by atoms with E-state index in [1.165, 1.54) is 23.7 Å². The number of aromatic nitrogens is 1. The number of benzene rings is 2. The number of fused-ring (bicyclic) bond motifs is 1. The summed E-state index contributed by atoms with van der Waals surface area (Å²) in [6.07, 6.45) is 0. The van der Waals surface area contributed by atoms with Gasteiger partial charge in [-0.3, -0.25) is 4.79 Å². The maximum atomic E-state index is 12.7. The van der Waals surface area contributed by atoms with E-state index in [9.17, 15) is 18.3 Å². The number of aromatic hydroxyl groups is 1. The number of sulfone groups is 1. The van der Waals surface area contributed by atoms with Gasteiger partial charge >= 0.3 is 0 Å². The van der Waals surface area contributed by atoms with Crippen LogP contribution in [0.3, 0.4) is 0 Å². The van der Waals surface area contributed by atoms with Crippen LogP contribution in [0.5, 0.6) is 5.75 Å². The van der Waals surface area contributed by atoms with E-state index in [1.54, 1.807) is 42.5 Å². The van der Waals surface area contributed by atoms with Gasteiger partial charge in [0.1, 0.15) is 5.75 Å². The molecule has 6 heteroatoms. The summed E-state index contributed by atoms with van der Waals surface area (Å²) in [5.41, 5.74) is -0.280. The van der Waals surface area contributed by atoms with E-state index in [-0.39, 0.29) is 4.90 Å². The molecule has 5 nitrogen and oxygen atoms in total. The quantitative estimate of drug-likeness (QED) is 0.785. The van der Waals surface area contributed by atoms with Crippen LogP contribution in [0.25, 0.3) is 10.9 Å². The predicted octanol–water partition coefficient (Wildman–Crippen LogP) is 2.08. The molecule has 0 bridgehead atoms. The summed E-state index contributed by atoms with van der Waals surface area (Å²) in [6.45, 7) is 0. The van der Waals surface area contributed by atoms with Gasteiger partial charge in [0.2, 0.25) is 9.84 Å². The van der Waals surface area contributed by atoms with Crippen molar-refractivity contribution < 1.29 is 13.5 Å². The van der Waals surface area contributed by atoms with Crippen molar-refractivity contribution in [3.8, 4) is 5.75 Å². The summed E-state index contributed by atoms with van der Waals surface area (Å²) >= 11 is 0. The molecule has 0 aliphatic heterocycles. The van der Waals surface area contributed by atoms with E-state index >= 15 is 0 Å². The van der Waals surface area contributed by atoms with Crippen LogP contribution in [0.2, 0.25) is 0 Å². The van der Waals surface area contributed by atoms with Crippen molar-refractivity contribution >= 4 is 20.7 Å². The molecule has 0 saturated carbocycles. The van der Waals surface area contributed by atoms with Crippen molar-refractivity contribution in [3.63, 3.8) is 0 Å². The fraction of sp³-hybridized carbons (Fsp3) is 0.0625.